The summed E-state index contributed by atoms with van der Waals surface area (Å²) in [6.45, 7) is 4.38. The summed E-state index contributed by atoms with van der Waals surface area (Å²) in [5, 5.41) is 3.41. The van der Waals surface area contributed by atoms with Gasteiger partial charge >= 0.3 is 0 Å². The van der Waals surface area contributed by atoms with Crippen LogP contribution in [0, 0.1) is 6.92 Å². The predicted molar refractivity (Wildman–Crippen MR) is 73.5 cm³/mol. The second-order valence-corrected chi connectivity index (χ2v) is 4.98. The molecule has 2 aromatic rings. The van der Waals surface area contributed by atoms with E-state index in [-0.39, 0.29) is 0 Å². The molecule has 0 spiro atoms. The Kier molecular flexibility index (Phi) is 3.15. The van der Waals surface area contributed by atoms with E-state index < -0.39 is 0 Å². The van der Waals surface area contributed by atoms with Crippen molar-refractivity contribution in [3.05, 3.63) is 42.4 Å². The van der Waals surface area contributed by atoms with E-state index in [4.69, 9.17) is 0 Å². The number of rotatable bonds is 2. The van der Waals surface area contributed by atoms with Crippen LogP contribution in [0.2, 0.25) is 0 Å². The molecule has 1 saturated heterocycles. The zero-order chi connectivity index (χ0) is 12.4. The largest absolute Gasteiger partial charge is 0.327 e. The second-order valence-electron chi connectivity index (χ2n) is 4.98. The summed E-state index contributed by atoms with van der Waals surface area (Å²) in [5.41, 5.74) is 3.86. The number of aromatic nitrogens is 2. The van der Waals surface area contributed by atoms with Gasteiger partial charge in [-0.1, -0.05) is 24.3 Å². The Labute approximate surface area is 108 Å². The van der Waals surface area contributed by atoms with Crippen LogP contribution in [0.3, 0.4) is 0 Å². The molecule has 0 aliphatic carbocycles. The molecule has 0 amide bonds. The third-order valence-electron chi connectivity index (χ3n) is 3.79. The molecule has 18 heavy (non-hydrogen) atoms. The summed E-state index contributed by atoms with van der Waals surface area (Å²) >= 11 is 0. The number of imidazole rings is 1. The molecule has 3 nitrogen and oxygen atoms in total. The highest BCUT2D eigenvalue weighted by molar-refractivity contribution is 5.63. The number of aryl methyl sites for hydroxylation is 1. The normalized spacial score (nSPS) is 16.9. The lowest BCUT2D eigenvalue weighted by Gasteiger charge is -2.26. The summed E-state index contributed by atoms with van der Waals surface area (Å²) in [4.78, 5) is 4.36. The minimum absolute atomic E-state index is 0.586. The molecule has 2 heterocycles. The first kappa shape index (κ1) is 11.5. The van der Waals surface area contributed by atoms with Crippen molar-refractivity contribution in [2.75, 3.05) is 13.1 Å². The standard InChI is InChI=1S/C15H19N3/c1-12-4-2-3-5-14(12)15-10-17-11-18(15)13-6-8-16-9-7-13/h2-5,10-11,13,16H,6-9H2,1H3. The topological polar surface area (TPSA) is 29.9 Å². The van der Waals surface area contributed by atoms with Crippen molar-refractivity contribution in [3.63, 3.8) is 0 Å². The quantitative estimate of drug-likeness (QED) is 0.876. The molecular weight excluding hydrogens is 222 g/mol. The van der Waals surface area contributed by atoms with Crippen LogP contribution in [0.1, 0.15) is 24.4 Å². The Morgan fingerprint density at radius 1 is 1.22 bits per heavy atom. The van der Waals surface area contributed by atoms with Gasteiger partial charge in [0.25, 0.3) is 0 Å². The van der Waals surface area contributed by atoms with Gasteiger partial charge < -0.3 is 9.88 Å². The van der Waals surface area contributed by atoms with Gasteiger partial charge in [-0.15, -0.1) is 0 Å². The predicted octanol–water partition coefficient (Wildman–Crippen LogP) is 2.78. The molecule has 3 heteroatoms. The molecule has 1 aromatic heterocycles. The smallest absolute Gasteiger partial charge is 0.0953 e. The molecule has 0 bridgehead atoms. The van der Waals surface area contributed by atoms with E-state index >= 15 is 0 Å². The van der Waals surface area contributed by atoms with Crippen LogP contribution in [0.15, 0.2) is 36.8 Å². The molecule has 1 N–H and O–H groups in total. The highest BCUT2D eigenvalue weighted by Gasteiger charge is 2.18. The number of hydrogen-bond donors (Lipinski definition) is 1. The summed E-state index contributed by atoms with van der Waals surface area (Å²) in [6.07, 6.45) is 6.35. The lowest BCUT2D eigenvalue weighted by Crippen LogP contribution is -2.29. The fourth-order valence-corrected chi connectivity index (χ4v) is 2.75. The van der Waals surface area contributed by atoms with Crippen molar-refractivity contribution in [3.8, 4) is 11.3 Å². The molecule has 0 saturated carbocycles. The minimum Gasteiger partial charge on any atom is -0.327 e. The number of benzene rings is 1. The van der Waals surface area contributed by atoms with Gasteiger partial charge in [0.15, 0.2) is 0 Å². The maximum atomic E-state index is 4.36. The lowest BCUT2D eigenvalue weighted by atomic mass is 10.0. The van der Waals surface area contributed by atoms with E-state index in [2.05, 4.69) is 46.1 Å². The molecule has 94 valence electrons. The van der Waals surface area contributed by atoms with E-state index in [1.54, 1.807) is 0 Å². The van der Waals surface area contributed by atoms with E-state index in [9.17, 15) is 0 Å². The van der Waals surface area contributed by atoms with Crippen molar-refractivity contribution in [1.82, 2.24) is 14.9 Å². The van der Waals surface area contributed by atoms with Gasteiger partial charge in [0, 0.05) is 11.6 Å². The molecule has 1 fully saturated rings. The molecule has 1 aliphatic heterocycles. The van der Waals surface area contributed by atoms with E-state index in [1.165, 1.54) is 29.7 Å². The van der Waals surface area contributed by atoms with Crippen LogP contribution in [0.25, 0.3) is 11.3 Å². The highest BCUT2D eigenvalue weighted by Crippen LogP contribution is 2.28. The third-order valence-corrected chi connectivity index (χ3v) is 3.79. The van der Waals surface area contributed by atoms with Gasteiger partial charge in [0.1, 0.15) is 0 Å². The first-order chi connectivity index (χ1) is 8.86. The Bertz CT molecular complexity index is 524. The molecule has 0 unspecified atom stereocenters. The highest BCUT2D eigenvalue weighted by atomic mass is 15.1. The fraction of sp³-hybridized carbons (Fsp3) is 0.400. The Hall–Kier alpha value is -1.61. The van der Waals surface area contributed by atoms with Gasteiger partial charge in [0.2, 0.25) is 0 Å². The van der Waals surface area contributed by atoms with Gasteiger partial charge in [-0.05, 0) is 38.4 Å². The number of nitrogens with one attached hydrogen (secondary N) is 1. The molecule has 0 atom stereocenters. The molecule has 1 aliphatic rings. The van der Waals surface area contributed by atoms with E-state index in [0.29, 0.717) is 6.04 Å². The van der Waals surface area contributed by atoms with Crippen molar-refractivity contribution in [2.45, 2.75) is 25.8 Å². The average Bonchev–Trinajstić information content (AvgIpc) is 2.89. The van der Waals surface area contributed by atoms with Crippen LogP contribution in [0.4, 0.5) is 0 Å². The van der Waals surface area contributed by atoms with E-state index in [1.807, 2.05) is 12.5 Å². The van der Waals surface area contributed by atoms with Crippen molar-refractivity contribution in [1.29, 1.82) is 0 Å². The van der Waals surface area contributed by atoms with Crippen LogP contribution in [0.5, 0.6) is 0 Å². The van der Waals surface area contributed by atoms with Gasteiger partial charge in [-0.2, -0.15) is 0 Å². The first-order valence-electron chi connectivity index (χ1n) is 6.65. The number of piperidine rings is 1. The summed E-state index contributed by atoms with van der Waals surface area (Å²) in [6, 6.07) is 9.12. The van der Waals surface area contributed by atoms with Crippen LogP contribution >= 0.6 is 0 Å². The summed E-state index contributed by atoms with van der Waals surface area (Å²) in [7, 11) is 0. The van der Waals surface area contributed by atoms with Gasteiger partial charge in [-0.3, -0.25) is 0 Å². The molecule has 1 aromatic carbocycles. The number of nitrogens with zero attached hydrogens (tertiary/aromatic N) is 2. The zero-order valence-electron chi connectivity index (χ0n) is 10.8. The Balaban J connectivity index is 1.98. The second kappa shape index (κ2) is 4.94. The van der Waals surface area contributed by atoms with Crippen LogP contribution in [-0.2, 0) is 0 Å². The van der Waals surface area contributed by atoms with Crippen LogP contribution in [-0.4, -0.2) is 22.6 Å². The number of hydrogen-bond acceptors (Lipinski definition) is 2. The van der Waals surface area contributed by atoms with Gasteiger partial charge in [-0.25, -0.2) is 4.98 Å². The van der Waals surface area contributed by atoms with E-state index in [0.717, 1.165) is 13.1 Å². The molecule has 0 radical (unpaired) electrons. The van der Waals surface area contributed by atoms with Gasteiger partial charge in [0.05, 0.1) is 18.2 Å². The monoisotopic (exact) mass is 241 g/mol. The fourth-order valence-electron chi connectivity index (χ4n) is 2.75. The van der Waals surface area contributed by atoms with Crippen molar-refractivity contribution >= 4 is 0 Å². The lowest BCUT2D eigenvalue weighted by molar-refractivity contribution is 0.370. The Morgan fingerprint density at radius 3 is 2.78 bits per heavy atom. The Morgan fingerprint density at radius 2 is 2.00 bits per heavy atom. The average molecular weight is 241 g/mol. The summed E-state index contributed by atoms with van der Waals surface area (Å²) in [5.74, 6) is 0. The summed E-state index contributed by atoms with van der Waals surface area (Å²) < 4.78 is 2.35. The molecule has 3 rings (SSSR count). The van der Waals surface area contributed by atoms with Crippen molar-refractivity contribution < 1.29 is 0 Å². The first-order valence-corrected chi connectivity index (χ1v) is 6.65. The SMILES string of the molecule is Cc1ccccc1-c1cncn1C1CCNCC1. The van der Waals surface area contributed by atoms with Crippen molar-refractivity contribution in [2.24, 2.45) is 0 Å². The third kappa shape index (κ3) is 2.06. The minimum atomic E-state index is 0.586. The maximum Gasteiger partial charge on any atom is 0.0953 e. The zero-order valence-corrected chi connectivity index (χ0v) is 10.8. The maximum absolute atomic E-state index is 4.36. The molecular formula is C15H19N3. The van der Waals surface area contributed by atoms with Crippen LogP contribution < -0.4 is 5.32 Å².